The number of carbonyl (C=O) groups excluding carboxylic acids is 1. The van der Waals surface area contributed by atoms with Crippen molar-refractivity contribution in [2.75, 3.05) is 12.3 Å². The molecule has 0 aromatic rings. The van der Waals surface area contributed by atoms with E-state index in [2.05, 4.69) is 22.7 Å². The van der Waals surface area contributed by atoms with Gasteiger partial charge in [-0.25, -0.2) is 0 Å². The molecule has 2 aliphatic heterocycles. The predicted octanol–water partition coefficient (Wildman–Crippen LogP) is 2.59. The van der Waals surface area contributed by atoms with Crippen LogP contribution in [0.15, 0.2) is 11.6 Å². The lowest BCUT2D eigenvalue weighted by Crippen LogP contribution is -2.39. The Morgan fingerprint density at radius 3 is 3.06 bits per heavy atom. The molecule has 0 N–H and O–H groups in total. The first kappa shape index (κ1) is 10.7. The Morgan fingerprint density at radius 2 is 2.44 bits per heavy atom. The normalized spacial score (nSPS) is 33.0. The lowest BCUT2D eigenvalue weighted by Gasteiger charge is -2.27. The number of allylic oxidation sites excluding steroid dienone is 1. The fourth-order valence-corrected chi connectivity index (χ4v) is 4.50. The third-order valence-corrected chi connectivity index (χ3v) is 5.37. The molecule has 1 amide bonds. The van der Waals surface area contributed by atoms with Crippen molar-refractivity contribution in [1.82, 2.24) is 4.90 Å². The summed E-state index contributed by atoms with van der Waals surface area (Å²) >= 11 is 2.05. The highest BCUT2D eigenvalue weighted by Gasteiger charge is 2.40. The zero-order valence-electron chi connectivity index (χ0n) is 9.65. The highest BCUT2D eigenvalue weighted by Crippen LogP contribution is 2.38. The second-order valence-electron chi connectivity index (χ2n) is 5.18. The minimum absolute atomic E-state index is 0.390. The van der Waals surface area contributed by atoms with Crippen molar-refractivity contribution in [3.05, 3.63) is 11.6 Å². The first-order valence-electron chi connectivity index (χ1n) is 6.42. The molecule has 0 spiro atoms. The first-order chi connectivity index (χ1) is 7.83. The van der Waals surface area contributed by atoms with Gasteiger partial charge in [-0.15, -0.1) is 0 Å². The second kappa shape index (κ2) is 4.44. The van der Waals surface area contributed by atoms with Crippen LogP contribution in [0.1, 0.15) is 38.5 Å². The molecule has 16 heavy (non-hydrogen) atoms. The summed E-state index contributed by atoms with van der Waals surface area (Å²) in [5.41, 5.74) is 1.40. The third-order valence-electron chi connectivity index (χ3n) is 3.98. The lowest BCUT2D eigenvalue weighted by atomic mass is 9.97. The van der Waals surface area contributed by atoms with Crippen molar-refractivity contribution in [1.29, 1.82) is 0 Å². The van der Waals surface area contributed by atoms with Crippen LogP contribution in [0.4, 0.5) is 0 Å². The minimum atomic E-state index is 0.390. The monoisotopic (exact) mass is 237 g/mol. The molecule has 2 saturated heterocycles. The average molecular weight is 237 g/mol. The molecule has 2 heterocycles. The van der Waals surface area contributed by atoms with Crippen LogP contribution in [0.2, 0.25) is 0 Å². The number of likely N-dealkylation sites (tertiary alicyclic amines) is 1. The highest BCUT2D eigenvalue weighted by atomic mass is 32.2. The maximum absolute atomic E-state index is 12.2. The molecule has 2 atom stereocenters. The zero-order valence-corrected chi connectivity index (χ0v) is 10.5. The molecule has 3 aliphatic rings. The van der Waals surface area contributed by atoms with E-state index in [0.29, 0.717) is 18.4 Å². The van der Waals surface area contributed by atoms with E-state index in [1.807, 2.05) is 0 Å². The summed E-state index contributed by atoms with van der Waals surface area (Å²) in [7, 11) is 0. The molecule has 0 radical (unpaired) electrons. The van der Waals surface area contributed by atoms with Crippen molar-refractivity contribution in [2.45, 2.75) is 49.8 Å². The van der Waals surface area contributed by atoms with E-state index in [9.17, 15) is 4.79 Å². The highest BCUT2D eigenvalue weighted by molar-refractivity contribution is 8.00. The number of nitrogens with zero attached hydrogens (tertiary/aromatic N) is 1. The Kier molecular flexibility index (Phi) is 2.97. The molecule has 0 aromatic heterocycles. The van der Waals surface area contributed by atoms with Gasteiger partial charge in [0.15, 0.2) is 0 Å². The van der Waals surface area contributed by atoms with E-state index < -0.39 is 0 Å². The van der Waals surface area contributed by atoms with E-state index in [0.717, 1.165) is 18.2 Å². The SMILES string of the molecule is O=C(CC1=CCCCC1)N1C[C@@H]2C[C@H]1CS2. The molecule has 2 bridgehead atoms. The van der Waals surface area contributed by atoms with Gasteiger partial charge in [-0.3, -0.25) is 4.79 Å². The number of thioether (sulfide) groups is 1. The standard InChI is InChI=1S/C13H19NOS/c15-13(6-10-4-2-1-3-5-10)14-8-12-7-11(14)9-16-12/h4,11-12H,1-3,5-9H2/t11-,12-/m0/s1. The first-order valence-corrected chi connectivity index (χ1v) is 7.47. The van der Waals surface area contributed by atoms with Crippen LogP contribution in [0, 0.1) is 0 Å². The molecule has 2 fully saturated rings. The van der Waals surface area contributed by atoms with E-state index in [-0.39, 0.29) is 0 Å². The average Bonchev–Trinajstić information content (AvgIpc) is 2.92. The van der Waals surface area contributed by atoms with Gasteiger partial charge >= 0.3 is 0 Å². The Bertz CT molecular complexity index is 326. The molecule has 3 rings (SSSR count). The summed E-state index contributed by atoms with van der Waals surface area (Å²) < 4.78 is 0. The molecule has 88 valence electrons. The van der Waals surface area contributed by atoms with E-state index in [1.165, 1.54) is 37.0 Å². The van der Waals surface area contributed by atoms with Crippen molar-refractivity contribution in [2.24, 2.45) is 0 Å². The van der Waals surface area contributed by atoms with Gasteiger partial charge in [0.25, 0.3) is 0 Å². The lowest BCUT2D eigenvalue weighted by molar-refractivity contribution is -0.131. The second-order valence-corrected chi connectivity index (χ2v) is 6.51. The largest absolute Gasteiger partial charge is 0.337 e. The Labute approximate surface area is 101 Å². The van der Waals surface area contributed by atoms with Crippen LogP contribution >= 0.6 is 11.8 Å². The van der Waals surface area contributed by atoms with Gasteiger partial charge in [0.05, 0.1) is 0 Å². The topological polar surface area (TPSA) is 20.3 Å². The number of hydrogen-bond acceptors (Lipinski definition) is 2. The smallest absolute Gasteiger partial charge is 0.226 e. The van der Waals surface area contributed by atoms with Crippen LogP contribution in [0.5, 0.6) is 0 Å². The summed E-state index contributed by atoms with van der Waals surface area (Å²) in [6, 6.07) is 0.562. The number of carbonyl (C=O) groups is 1. The fraction of sp³-hybridized carbons (Fsp3) is 0.769. The maximum Gasteiger partial charge on any atom is 0.226 e. The van der Waals surface area contributed by atoms with Crippen molar-refractivity contribution >= 4 is 17.7 Å². The van der Waals surface area contributed by atoms with Crippen LogP contribution in [0.3, 0.4) is 0 Å². The minimum Gasteiger partial charge on any atom is -0.337 e. The Balaban J connectivity index is 1.59. The van der Waals surface area contributed by atoms with Gasteiger partial charge in [-0.1, -0.05) is 11.6 Å². The summed E-state index contributed by atoms with van der Waals surface area (Å²) in [4.78, 5) is 14.3. The maximum atomic E-state index is 12.2. The van der Waals surface area contributed by atoms with Gasteiger partial charge in [0.1, 0.15) is 0 Å². The summed E-state index contributed by atoms with van der Waals surface area (Å²) in [5, 5.41) is 0.745. The quantitative estimate of drug-likeness (QED) is 0.688. The molecule has 0 aromatic carbocycles. The van der Waals surface area contributed by atoms with Gasteiger partial charge in [-0.2, -0.15) is 11.8 Å². The predicted molar refractivity (Wildman–Crippen MR) is 67.5 cm³/mol. The molecule has 0 saturated carbocycles. The number of fused-ring (bicyclic) bond motifs is 2. The summed E-state index contributed by atoms with van der Waals surface area (Å²) in [6.45, 7) is 1.02. The van der Waals surface area contributed by atoms with Gasteiger partial charge in [-0.05, 0) is 32.1 Å². The number of rotatable bonds is 2. The third kappa shape index (κ3) is 2.02. The zero-order chi connectivity index (χ0) is 11.0. The Hall–Kier alpha value is -0.440. The molecule has 3 heteroatoms. The van der Waals surface area contributed by atoms with Crippen molar-refractivity contribution < 1.29 is 4.79 Å². The van der Waals surface area contributed by atoms with Gasteiger partial charge in [0, 0.05) is 30.0 Å². The van der Waals surface area contributed by atoms with Gasteiger partial charge < -0.3 is 4.90 Å². The number of hydrogen-bond donors (Lipinski definition) is 0. The fourth-order valence-electron chi connectivity index (χ4n) is 3.07. The van der Waals surface area contributed by atoms with Gasteiger partial charge in [0.2, 0.25) is 5.91 Å². The summed E-state index contributed by atoms with van der Waals surface area (Å²) in [6.07, 6.45) is 9.17. The molecule has 2 nitrogen and oxygen atoms in total. The van der Waals surface area contributed by atoms with E-state index in [4.69, 9.17) is 0 Å². The molecule has 0 unspecified atom stereocenters. The van der Waals surface area contributed by atoms with Crippen LogP contribution in [-0.2, 0) is 4.79 Å². The molecular formula is C13H19NOS. The van der Waals surface area contributed by atoms with Crippen molar-refractivity contribution in [3.63, 3.8) is 0 Å². The number of amides is 1. The van der Waals surface area contributed by atoms with Crippen LogP contribution < -0.4 is 0 Å². The van der Waals surface area contributed by atoms with Crippen LogP contribution in [0.25, 0.3) is 0 Å². The van der Waals surface area contributed by atoms with E-state index in [1.54, 1.807) is 0 Å². The Morgan fingerprint density at radius 1 is 1.50 bits per heavy atom. The van der Waals surface area contributed by atoms with Crippen LogP contribution in [-0.4, -0.2) is 34.4 Å². The summed E-state index contributed by atoms with van der Waals surface area (Å²) in [5.74, 6) is 1.57. The van der Waals surface area contributed by atoms with Crippen molar-refractivity contribution in [3.8, 4) is 0 Å². The molecule has 1 aliphatic carbocycles. The van der Waals surface area contributed by atoms with E-state index >= 15 is 0 Å². The molecular weight excluding hydrogens is 218 g/mol.